The predicted octanol–water partition coefficient (Wildman–Crippen LogP) is 1.98. The summed E-state index contributed by atoms with van der Waals surface area (Å²) in [6, 6.07) is -1.42. The SMILES string of the molecule is CC(C)C(=O)C1CCCN1C(=O)C1CCCN1C(=O)C1CCCN1C(=O)CCOCCNC(C)(C)C. The fraction of sp³-hybridized carbons (Fsp3) is 0.852. The van der Waals surface area contributed by atoms with Crippen molar-refractivity contribution in [2.75, 3.05) is 39.4 Å². The van der Waals surface area contributed by atoms with Crippen molar-refractivity contribution in [3.63, 3.8) is 0 Å². The Labute approximate surface area is 216 Å². The Morgan fingerprint density at radius 3 is 1.86 bits per heavy atom. The van der Waals surface area contributed by atoms with E-state index in [0.29, 0.717) is 58.7 Å². The molecular formula is C27H46N4O5. The van der Waals surface area contributed by atoms with E-state index in [4.69, 9.17) is 4.74 Å². The van der Waals surface area contributed by atoms with Gasteiger partial charge in [-0.3, -0.25) is 19.2 Å². The van der Waals surface area contributed by atoms with Crippen LogP contribution in [-0.4, -0.2) is 101 Å². The number of ether oxygens (including phenoxy) is 1. The maximum atomic E-state index is 13.6. The van der Waals surface area contributed by atoms with Gasteiger partial charge in [-0.25, -0.2) is 0 Å². The van der Waals surface area contributed by atoms with E-state index in [1.165, 1.54) is 0 Å². The van der Waals surface area contributed by atoms with Gasteiger partial charge in [-0.05, 0) is 59.3 Å². The third-order valence-corrected chi connectivity index (χ3v) is 7.47. The summed E-state index contributed by atoms with van der Waals surface area (Å²) in [5.41, 5.74) is 0.0246. The van der Waals surface area contributed by atoms with Crippen molar-refractivity contribution in [3.8, 4) is 0 Å². The molecule has 0 saturated carbocycles. The molecule has 0 spiro atoms. The molecule has 3 amide bonds. The number of hydrogen-bond acceptors (Lipinski definition) is 6. The highest BCUT2D eigenvalue weighted by atomic mass is 16.5. The van der Waals surface area contributed by atoms with Gasteiger partial charge < -0.3 is 24.8 Å². The van der Waals surface area contributed by atoms with E-state index in [1.807, 2.05) is 13.8 Å². The fourth-order valence-electron chi connectivity index (χ4n) is 5.61. The number of carbonyl (C=O) groups excluding carboxylic acids is 4. The summed E-state index contributed by atoms with van der Waals surface area (Å²) < 4.78 is 5.62. The zero-order chi connectivity index (χ0) is 26.5. The minimum atomic E-state index is -0.533. The van der Waals surface area contributed by atoms with E-state index in [9.17, 15) is 19.2 Å². The van der Waals surface area contributed by atoms with Crippen LogP contribution in [0.1, 0.15) is 79.6 Å². The summed E-state index contributed by atoms with van der Waals surface area (Å²) in [6.45, 7) is 13.2. The van der Waals surface area contributed by atoms with Crippen LogP contribution in [0.4, 0.5) is 0 Å². The average Bonchev–Trinajstić information content (AvgIpc) is 3.59. The van der Waals surface area contributed by atoms with Crippen molar-refractivity contribution in [2.24, 2.45) is 5.92 Å². The minimum Gasteiger partial charge on any atom is -0.380 e. The van der Waals surface area contributed by atoms with Gasteiger partial charge in [0.15, 0.2) is 5.78 Å². The first-order valence-electron chi connectivity index (χ1n) is 13.8. The van der Waals surface area contributed by atoms with Crippen molar-refractivity contribution in [2.45, 2.75) is 103 Å². The van der Waals surface area contributed by atoms with Crippen LogP contribution in [0, 0.1) is 5.92 Å². The molecule has 3 rings (SSSR count). The van der Waals surface area contributed by atoms with Gasteiger partial charge in [0.05, 0.1) is 25.7 Å². The van der Waals surface area contributed by atoms with Crippen LogP contribution in [0.5, 0.6) is 0 Å². The highest BCUT2D eigenvalue weighted by Gasteiger charge is 2.45. The molecule has 36 heavy (non-hydrogen) atoms. The maximum Gasteiger partial charge on any atom is 0.246 e. The van der Waals surface area contributed by atoms with Gasteiger partial charge >= 0.3 is 0 Å². The van der Waals surface area contributed by atoms with Crippen LogP contribution in [0.15, 0.2) is 0 Å². The molecule has 3 saturated heterocycles. The molecule has 0 radical (unpaired) electrons. The Morgan fingerprint density at radius 1 is 0.806 bits per heavy atom. The summed E-state index contributed by atoms with van der Waals surface area (Å²) in [6.07, 6.45) is 4.53. The van der Waals surface area contributed by atoms with E-state index in [0.717, 1.165) is 19.3 Å². The van der Waals surface area contributed by atoms with Crippen LogP contribution < -0.4 is 5.32 Å². The standard InChI is InChI=1S/C27H46N4O5/c1-19(2)24(33)20-9-6-15-30(20)26(35)22-11-8-16-31(22)25(34)21-10-7-14-29(21)23(32)12-17-36-18-13-28-27(3,4)5/h19-22,28H,6-18H2,1-5H3. The number of ketones is 1. The second kappa shape index (κ2) is 12.5. The van der Waals surface area contributed by atoms with Gasteiger partial charge in [0, 0.05) is 37.6 Å². The number of rotatable bonds is 10. The van der Waals surface area contributed by atoms with E-state index < -0.39 is 12.1 Å². The lowest BCUT2D eigenvalue weighted by Gasteiger charge is -2.34. The maximum absolute atomic E-state index is 13.6. The van der Waals surface area contributed by atoms with Crippen molar-refractivity contribution in [1.82, 2.24) is 20.0 Å². The molecule has 1 N–H and O–H groups in total. The average molecular weight is 507 g/mol. The molecule has 0 aromatic heterocycles. The van der Waals surface area contributed by atoms with E-state index >= 15 is 0 Å². The zero-order valence-electron chi connectivity index (χ0n) is 22.9. The van der Waals surface area contributed by atoms with Crippen molar-refractivity contribution < 1.29 is 23.9 Å². The van der Waals surface area contributed by atoms with Crippen molar-refractivity contribution in [1.29, 1.82) is 0 Å². The van der Waals surface area contributed by atoms with Crippen LogP contribution in [0.2, 0.25) is 0 Å². The molecule has 0 bridgehead atoms. The number of nitrogens with zero attached hydrogens (tertiary/aromatic N) is 3. The van der Waals surface area contributed by atoms with Crippen molar-refractivity contribution >= 4 is 23.5 Å². The van der Waals surface area contributed by atoms with Gasteiger partial charge in [0.1, 0.15) is 12.1 Å². The molecule has 3 fully saturated rings. The van der Waals surface area contributed by atoms with E-state index in [-0.39, 0.29) is 47.4 Å². The first kappa shape index (κ1) is 28.6. The second-order valence-electron chi connectivity index (χ2n) is 11.7. The number of hydrogen-bond donors (Lipinski definition) is 1. The molecule has 3 atom stereocenters. The largest absolute Gasteiger partial charge is 0.380 e. The Morgan fingerprint density at radius 2 is 1.31 bits per heavy atom. The van der Waals surface area contributed by atoms with Gasteiger partial charge in [0.2, 0.25) is 17.7 Å². The Kier molecular flexibility index (Phi) is 9.92. The van der Waals surface area contributed by atoms with E-state index in [2.05, 4.69) is 26.1 Å². The number of carbonyl (C=O) groups is 4. The number of Topliss-reactive ketones (excluding diaryl/α,β-unsaturated/α-hetero) is 1. The number of nitrogens with one attached hydrogen (secondary N) is 1. The molecule has 0 aromatic carbocycles. The quantitative estimate of drug-likeness (QED) is 0.455. The molecular weight excluding hydrogens is 460 g/mol. The Hall–Kier alpha value is -2.00. The topological polar surface area (TPSA) is 99.3 Å². The zero-order valence-corrected chi connectivity index (χ0v) is 22.9. The molecule has 0 aliphatic carbocycles. The lowest BCUT2D eigenvalue weighted by Crippen LogP contribution is -2.55. The monoisotopic (exact) mass is 506 g/mol. The molecule has 0 aromatic rings. The fourth-order valence-corrected chi connectivity index (χ4v) is 5.61. The minimum absolute atomic E-state index is 0.0246. The Balaban J connectivity index is 1.55. The first-order chi connectivity index (χ1) is 17.0. The lowest BCUT2D eigenvalue weighted by molar-refractivity contribution is -0.150. The second-order valence-corrected chi connectivity index (χ2v) is 11.7. The summed E-state index contributed by atoms with van der Waals surface area (Å²) in [5, 5.41) is 3.35. The van der Waals surface area contributed by atoms with Gasteiger partial charge in [-0.2, -0.15) is 0 Å². The molecule has 3 aliphatic rings. The summed E-state index contributed by atoms with van der Waals surface area (Å²) >= 11 is 0. The van der Waals surface area contributed by atoms with Gasteiger partial charge in [-0.15, -0.1) is 0 Å². The molecule has 204 valence electrons. The smallest absolute Gasteiger partial charge is 0.246 e. The summed E-state index contributed by atoms with van der Waals surface area (Å²) in [5.74, 6) is -0.329. The highest BCUT2D eigenvalue weighted by molar-refractivity contribution is 5.96. The third kappa shape index (κ3) is 7.06. The molecule has 3 unspecified atom stereocenters. The number of likely N-dealkylation sites (tertiary alicyclic amines) is 3. The van der Waals surface area contributed by atoms with Gasteiger partial charge in [-0.1, -0.05) is 13.8 Å². The Bertz CT molecular complexity index is 808. The first-order valence-corrected chi connectivity index (χ1v) is 13.8. The lowest BCUT2D eigenvalue weighted by atomic mass is 9.99. The van der Waals surface area contributed by atoms with Gasteiger partial charge in [0.25, 0.3) is 0 Å². The van der Waals surface area contributed by atoms with Crippen LogP contribution in [0.3, 0.4) is 0 Å². The highest BCUT2D eigenvalue weighted by Crippen LogP contribution is 2.29. The van der Waals surface area contributed by atoms with Crippen LogP contribution in [-0.2, 0) is 23.9 Å². The normalized spacial score (nSPS) is 24.7. The third-order valence-electron chi connectivity index (χ3n) is 7.47. The molecule has 9 heteroatoms. The van der Waals surface area contributed by atoms with Crippen LogP contribution >= 0.6 is 0 Å². The molecule has 3 heterocycles. The number of amides is 3. The van der Waals surface area contributed by atoms with E-state index in [1.54, 1.807) is 14.7 Å². The molecule has 9 nitrogen and oxygen atoms in total. The van der Waals surface area contributed by atoms with Crippen LogP contribution in [0.25, 0.3) is 0 Å². The summed E-state index contributed by atoms with van der Waals surface area (Å²) in [7, 11) is 0. The van der Waals surface area contributed by atoms with Crippen molar-refractivity contribution in [3.05, 3.63) is 0 Å². The molecule has 3 aliphatic heterocycles. The summed E-state index contributed by atoms with van der Waals surface area (Å²) in [4.78, 5) is 57.7. The predicted molar refractivity (Wildman–Crippen MR) is 137 cm³/mol.